The lowest BCUT2D eigenvalue weighted by atomic mass is 10.2. The molecule has 1 aromatic heterocycles. The molecule has 34 heavy (non-hydrogen) atoms. The van der Waals surface area contributed by atoms with E-state index in [0.29, 0.717) is 10.4 Å². The number of phenolic OH excluding ortho intramolecular Hbond substituents is 1. The van der Waals surface area contributed by atoms with Crippen LogP contribution in [0.15, 0.2) is 30.3 Å². The Morgan fingerprint density at radius 3 is 2.41 bits per heavy atom. The Balaban J connectivity index is 2.03. The number of thiophene rings is 1. The number of nitrogens with one attached hydrogen (secondary N) is 3. The molecule has 0 spiro atoms. The Morgan fingerprint density at radius 2 is 1.79 bits per heavy atom. The zero-order valence-corrected chi connectivity index (χ0v) is 20.5. The van der Waals surface area contributed by atoms with Gasteiger partial charge in [-0.3, -0.25) is 9.59 Å². The van der Waals surface area contributed by atoms with E-state index < -0.39 is 29.6 Å². The summed E-state index contributed by atoms with van der Waals surface area (Å²) in [4.78, 5) is 49.9. The maximum absolute atomic E-state index is 12.8. The fourth-order valence-corrected chi connectivity index (χ4v) is 3.81. The lowest BCUT2D eigenvalue weighted by Gasteiger charge is -2.21. The molecule has 4 N–H and O–H groups in total. The predicted molar refractivity (Wildman–Crippen MR) is 126 cm³/mol. The largest absolute Gasteiger partial charge is 0.508 e. The van der Waals surface area contributed by atoms with E-state index in [9.17, 15) is 24.3 Å². The quantitative estimate of drug-likeness (QED) is 0.416. The molecule has 0 fully saturated rings. The first-order valence-corrected chi connectivity index (χ1v) is 11.2. The van der Waals surface area contributed by atoms with Crippen molar-refractivity contribution in [2.75, 3.05) is 13.7 Å². The van der Waals surface area contributed by atoms with E-state index in [-0.39, 0.29) is 29.6 Å². The van der Waals surface area contributed by atoms with Gasteiger partial charge >= 0.3 is 12.1 Å². The Morgan fingerprint density at radius 1 is 1.09 bits per heavy atom. The lowest BCUT2D eigenvalue weighted by molar-refractivity contribution is -0.142. The third kappa shape index (κ3) is 8.07. The summed E-state index contributed by atoms with van der Waals surface area (Å²) in [6.45, 7) is 6.72. The van der Waals surface area contributed by atoms with E-state index in [4.69, 9.17) is 9.47 Å². The maximum Gasteiger partial charge on any atom is 0.407 e. The van der Waals surface area contributed by atoms with Crippen molar-refractivity contribution in [3.05, 3.63) is 51.2 Å². The summed E-state index contributed by atoms with van der Waals surface area (Å²) < 4.78 is 9.84. The highest BCUT2D eigenvalue weighted by atomic mass is 32.1. The molecule has 184 valence electrons. The highest BCUT2D eigenvalue weighted by Crippen LogP contribution is 2.22. The van der Waals surface area contributed by atoms with Crippen LogP contribution in [-0.2, 0) is 20.8 Å². The van der Waals surface area contributed by atoms with Gasteiger partial charge in [0.2, 0.25) is 0 Å². The van der Waals surface area contributed by atoms with Crippen LogP contribution in [0.2, 0.25) is 0 Å². The number of phenols is 1. The number of aryl methyl sites for hydroxylation is 1. The van der Waals surface area contributed by atoms with E-state index in [0.717, 1.165) is 16.9 Å². The predicted octanol–water partition coefficient (Wildman–Crippen LogP) is 2.49. The zero-order chi connectivity index (χ0) is 25.5. The summed E-state index contributed by atoms with van der Waals surface area (Å²) >= 11 is 0.970. The first-order chi connectivity index (χ1) is 15.9. The molecule has 2 rings (SSSR count). The minimum Gasteiger partial charge on any atom is -0.508 e. The van der Waals surface area contributed by atoms with Crippen molar-refractivity contribution < 1.29 is 33.8 Å². The minimum atomic E-state index is -1.16. The van der Waals surface area contributed by atoms with E-state index in [1.807, 2.05) is 0 Å². The van der Waals surface area contributed by atoms with Gasteiger partial charge in [0.25, 0.3) is 11.8 Å². The summed E-state index contributed by atoms with van der Waals surface area (Å²) in [7, 11) is 1.17. The number of carbonyl (C=O) groups is 4. The Bertz CT molecular complexity index is 1060. The van der Waals surface area contributed by atoms with Crippen molar-refractivity contribution in [2.45, 2.75) is 45.9 Å². The molecule has 0 aliphatic rings. The van der Waals surface area contributed by atoms with E-state index in [2.05, 4.69) is 16.0 Å². The van der Waals surface area contributed by atoms with Gasteiger partial charge < -0.3 is 30.5 Å². The summed E-state index contributed by atoms with van der Waals surface area (Å²) in [5, 5.41) is 17.2. The van der Waals surface area contributed by atoms with Crippen LogP contribution in [0, 0.1) is 6.92 Å². The monoisotopic (exact) mass is 491 g/mol. The first kappa shape index (κ1) is 26.7. The number of esters is 1. The number of rotatable bonds is 8. The summed E-state index contributed by atoms with van der Waals surface area (Å²) in [6.07, 6.45) is -0.742. The third-order valence-electron chi connectivity index (χ3n) is 4.35. The summed E-state index contributed by atoms with van der Waals surface area (Å²) in [5.41, 5.74) is 0.548. The summed E-state index contributed by atoms with van der Waals surface area (Å²) in [5.74, 6) is -1.62. The smallest absolute Gasteiger partial charge is 0.407 e. The van der Waals surface area contributed by atoms with E-state index in [1.165, 1.54) is 19.2 Å². The molecule has 1 heterocycles. The fraction of sp³-hybridized carbons (Fsp3) is 0.391. The molecule has 10 nitrogen and oxygen atoms in total. The second kappa shape index (κ2) is 11.5. The van der Waals surface area contributed by atoms with Gasteiger partial charge in [0.05, 0.1) is 23.4 Å². The number of carbonyl (C=O) groups excluding carboxylic acids is 4. The van der Waals surface area contributed by atoms with Crippen LogP contribution in [0.4, 0.5) is 4.79 Å². The standard InChI is InChI=1S/C23H29N3O7S/c1-13-9-17(19(28)24-11-14-7-6-8-15(27)10-14)34-18(13)20(29)26-16(21(30)32-5)12-25-22(31)33-23(2,3)4/h6-10,16,27H,11-12H2,1-5H3,(H,24,28)(H,25,31)(H,26,29). The topological polar surface area (TPSA) is 143 Å². The average molecular weight is 492 g/mol. The summed E-state index contributed by atoms with van der Waals surface area (Å²) in [6, 6.07) is 6.92. The normalized spacial score (nSPS) is 11.8. The van der Waals surface area contributed by atoms with Crippen molar-refractivity contribution in [2.24, 2.45) is 0 Å². The molecule has 0 radical (unpaired) electrons. The highest BCUT2D eigenvalue weighted by Gasteiger charge is 2.26. The minimum absolute atomic E-state index is 0.0963. The number of hydrogen-bond donors (Lipinski definition) is 4. The molecule has 0 aliphatic heterocycles. The van der Waals surface area contributed by atoms with Crippen molar-refractivity contribution in [3.8, 4) is 5.75 Å². The molecule has 1 aromatic carbocycles. The third-order valence-corrected chi connectivity index (χ3v) is 5.59. The highest BCUT2D eigenvalue weighted by molar-refractivity contribution is 7.16. The van der Waals surface area contributed by atoms with Crippen molar-refractivity contribution in [1.29, 1.82) is 0 Å². The van der Waals surface area contributed by atoms with Gasteiger partial charge in [-0.15, -0.1) is 11.3 Å². The number of methoxy groups -OCH3 is 1. The zero-order valence-electron chi connectivity index (χ0n) is 19.7. The van der Waals surface area contributed by atoms with Gasteiger partial charge in [-0.2, -0.15) is 0 Å². The number of amides is 3. The second-order valence-corrected chi connectivity index (χ2v) is 9.46. The van der Waals surface area contributed by atoms with Gasteiger partial charge in [0.1, 0.15) is 17.4 Å². The molecular weight excluding hydrogens is 462 g/mol. The molecule has 0 aliphatic carbocycles. The van der Waals surface area contributed by atoms with Crippen molar-refractivity contribution in [1.82, 2.24) is 16.0 Å². The second-order valence-electron chi connectivity index (χ2n) is 8.41. The molecule has 1 atom stereocenters. The number of benzene rings is 1. The van der Waals surface area contributed by atoms with Gasteiger partial charge in [0, 0.05) is 6.54 Å². The van der Waals surface area contributed by atoms with Gasteiger partial charge in [0.15, 0.2) is 0 Å². The van der Waals surface area contributed by atoms with Crippen LogP contribution >= 0.6 is 11.3 Å². The molecule has 0 saturated heterocycles. The van der Waals surface area contributed by atoms with Crippen molar-refractivity contribution in [3.63, 3.8) is 0 Å². The van der Waals surface area contributed by atoms with Crippen LogP contribution in [0.25, 0.3) is 0 Å². The molecule has 0 bridgehead atoms. The Hall–Kier alpha value is -3.60. The van der Waals surface area contributed by atoms with E-state index >= 15 is 0 Å². The maximum atomic E-state index is 12.8. The van der Waals surface area contributed by atoms with Crippen LogP contribution in [0.1, 0.15) is 51.2 Å². The van der Waals surface area contributed by atoms with E-state index in [1.54, 1.807) is 45.9 Å². The van der Waals surface area contributed by atoms with Gasteiger partial charge in [-0.1, -0.05) is 12.1 Å². The molecule has 0 saturated carbocycles. The van der Waals surface area contributed by atoms with Gasteiger partial charge in [-0.25, -0.2) is 9.59 Å². The first-order valence-electron chi connectivity index (χ1n) is 10.4. The fourth-order valence-electron chi connectivity index (χ4n) is 2.81. The van der Waals surface area contributed by atoms with Crippen molar-refractivity contribution >= 4 is 35.2 Å². The molecule has 2 aromatic rings. The molecule has 11 heteroatoms. The Kier molecular flexibility index (Phi) is 9.02. The lowest BCUT2D eigenvalue weighted by Crippen LogP contribution is -2.49. The number of aromatic hydroxyl groups is 1. The average Bonchev–Trinajstić information content (AvgIpc) is 3.15. The molecular formula is C23H29N3O7S. The SMILES string of the molecule is COC(=O)C(CNC(=O)OC(C)(C)C)NC(=O)c1sc(C(=O)NCc2cccc(O)c2)cc1C. The number of hydrogen-bond acceptors (Lipinski definition) is 8. The number of ether oxygens (including phenoxy) is 2. The van der Waals surface area contributed by atoms with Crippen LogP contribution in [-0.4, -0.2) is 54.3 Å². The molecule has 1 unspecified atom stereocenters. The van der Waals surface area contributed by atoms with Crippen LogP contribution < -0.4 is 16.0 Å². The van der Waals surface area contributed by atoms with Crippen LogP contribution in [0.3, 0.4) is 0 Å². The van der Waals surface area contributed by atoms with Gasteiger partial charge in [-0.05, 0) is 57.0 Å². The van der Waals surface area contributed by atoms with Crippen LogP contribution in [0.5, 0.6) is 5.75 Å². The molecule has 3 amide bonds. The Labute approximate surface area is 201 Å². The number of alkyl carbamates (subject to hydrolysis) is 1.